The van der Waals surface area contributed by atoms with Crippen molar-refractivity contribution in [3.8, 4) is 0 Å². The average molecular weight is 146 g/mol. The first kappa shape index (κ1) is 9.30. The quantitative estimate of drug-likeness (QED) is 0.601. The topological polar surface area (TPSA) is 38.7 Å². The van der Waals surface area contributed by atoms with Crippen LogP contribution in [0.5, 0.6) is 0 Å². The summed E-state index contributed by atoms with van der Waals surface area (Å²) in [4.78, 5) is 0. The van der Waals surface area contributed by atoms with E-state index in [9.17, 15) is 5.11 Å². The second kappa shape index (κ2) is 3.46. The van der Waals surface area contributed by atoms with Crippen LogP contribution in [0.25, 0.3) is 0 Å². The molecule has 60 valence electrons. The zero-order valence-corrected chi connectivity index (χ0v) is 6.84. The summed E-state index contributed by atoms with van der Waals surface area (Å²) >= 11 is 0. The standard InChI is InChI=1S/C7H14O3/c1-7(2,8)5-6(9-3)10-4/h5,8H,1-4H3. The molecule has 0 atom stereocenters. The van der Waals surface area contributed by atoms with Crippen molar-refractivity contribution in [2.45, 2.75) is 19.4 Å². The Kier molecular flexibility index (Phi) is 3.22. The van der Waals surface area contributed by atoms with Crippen LogP contribution < -0.4 is 0 Å². The fraction of sp³-hybridized carbons (Fsp3) is 0.714. The molecule has 0 saturated heterocycles. The molecular weight excluding hydrogens is 132 g/mol. The van der Waals surface area contributed by atoms with Crippen molar-refractivity contribution in [1.82, 2.24) is 0 Å². The Hall–Kier alpha value is -0.700. The van der Waals surface area contributed by atoms with Gasteiger partial charge < -0.3 is 14.6 Å². The summed E-state index contributed by atoms with van der Waals surface area (Å²) in [6.45, 7) is 3.29. The van der Waals surface area contributed by atoms with Gasteiger partial charge in [0.15, 0.2) is 0 Å². The molecule has 0 rings (SSSR count). The first-order valence-corrected chi connectivity index (χ1v) is 3.03. The van der Waals surface area contributed by atoms with E-state index in [1.54, 1.807) is 13.8 Å². The third-order valence-corrected chi connectivity index (χ3v) is 0.873. The Labute approximate surface area is 61.3 Å². The largest absolute Gasteiger partial charge is 0.469 e. The van der Waals surface area contributed by atoms with Gasteiger partial charge in [-0.3, -0.25) is 0 Å². The first-order chi connectivity index (χ1) is 4.49. The molecule has 0 bridgehead atoms. The number of methoxy groups -OCH3 is 2. The summed E-state index contributed by atoms with van der Waals surface area (Å²) in [6.07, 6.45) is 1.49. The highest BCUT2D eigenvalue weighted by molar-refractivity contribution is 4.96. The first-order valence-electron chi connectivity index (χ1n) is 3.03. The molecule has 0 aromatic rings. The van der Waals surface area contributed by atoms with Crippen LogP contribution in [0.15, 0.2) is 12.0 Å². The van der Waals surface area contributed by atoms with Gasteiger partial charge in [0.05, 0.1) is 19.8 Å². The maximum absolute atomic E-state index is 9.21. The molecule has 0 radical (unpaired) electrons. The van der Waals surface area contributed by atoms with E-state index in [2.05, 4.69) is 0 Å². The van der Waals surface area contributed by atoms with Gasteiger partial charge in [-0.25, -0.2) is 0 Å². The van der Waals surface area contributed by atoms with E-state index in [-0.39, 0.29) is 0 Å². The van der Waals surface area contributed by atoms with E-state index < -0.39 is 5.60 Å². The average Bonchev–Trinajstić information content (AvgIpc) is 1.81. The Morgan fingerprint density at radius 1 is 1.30 bits per heavy atom. The minimum Gasteiger partial charge on any atom is -0.469 e. The van der Waals surface area contributed by atoms with E-state index in [1.165, 1.54) is 20.3 Å². The van der Waals surface area contributed by atoms with Crippen LogP contribution in [0.2, 0.25) is 0 Å². The summed E-state index contributed by atoms with van der Waals surface area (Å²) in [5, 5.41) is 9.21. The molecule has 3 nitrogen and oxygen atoms in total. The maximum atomic E-state index is 9.21. The maximum Gasteiger partial charge on any atom is 0.277 e. The fourth-order valence-corrected chi connectivity index (χ4v) is 0.490. The monoisotopic (exact) mass is 146 g/mol. The van der Waals surface area contributed by atoms with Crippen molar-refractivity contribution < 1.29 is 14.6 Å². The second-order valence-electron chi connectivity index (χ2n) is 2.53. The highest BCUT2D eigenvalue weighted by atomic mass is 16.7. The molecule has 0 aromatic carbocycles. The van der Waals surface area contributed by atoms with Crippen molar-refractivity contribution >= 4 is 0 Å². The van der Waals surface area contributed by atoms with Crippen molar-refractivity contribution in [1.29, 1.82) is 0 Å². The normalized spacial score (nSPS) is 10.5. The van der Waals surface area contributed by atoms with Crippen LogP contribution in [0, 0.1) is 0 Å². The molecule has 0 aromatic heterocycles. The van der Waals surface area contributed by atoms with Gasteiger partial charge in [-0.15, -0.1) is 0 Å². The van der Waals surface area contributed by atoms with Crippen molar-refractivity contribution in [3.63, 3.8) is 0 Å². The van der Waals surface area contributed by atoms with Crippen molar-refractivity contribution in [3.05, 3.63) is 12.0 Å². The SMILES string of the molecule is COC(=CC(C)(C)O)OC. The molecule has 0 fully saturated rings. The highest BCUT2D eigenvalue weighted by Gasteiger charge is 2.10. The van der Waals surface area contributed by atoms with Gasteiger partial charge in [-0.05, 0) is 13.8 Å². The minimum atomic E-state index is -0.888. The lowest BCUT2D eigenvalue weighted by atomic mass is 10.1. The highest BCUT2D eigenvalue weighted by Crippen LogP contribution is 2.07. The molecule has 0 saturated carbocycles. The minimum absolute atomic E-state index is 0.326. The van der Waals surface area contributed by atoms with E-state index in [4.69, 9.17) is 9.47 Å². The van der Waals surface area contributed by atoms with E-state index in [0.29, 0.717) is 5.95 Å². The van der Waals surface area contributed by atoms with Gasteiger partial charge >= 0.3 is 0 Å². The van der Waals surface area contributed by atoms with Crippen molar-refractivity contribution in [2.75, 3.05) is 14.2 Å². The number of ether oxygens (including phenoxy) is 2. The van der Waals surface area contributed by atoms with Gasteiger partial charge in [0, 0.05) is 6.08 Å². The predicted octanol–water partition coefficient (Wildman–Crippen LogP) is 0.891. The van der Waals surface area contributed by atoms with E-state index in [1.807, 2.05) is 0 Å². The molecule has 0 aliphatic heterocycles. The van der Waals surface area contributed by atoms with E-state index in [0.717, 1.165) is 0 Å². The van der Waals surface area contributed by atoms with Crippen LogP contribution in [-0.4, -0.2) is 24.9 Å². The predicted molar refractivity (Wildman–Crippen MR) is 38.4 cm³/mol. The zero-order chi connectivity index (χ0) is 8.20. The summed E-state index contributed by atoms with van der Waals surface area (Å²) in [5.74, 6) is 0.326. The Bertz CT molecular complexity index is 115. The summed E-state index contributed by atoms with van der Waals surface area (Å²) in [5.41, 5.74) is -0.888. The Morgan fingerprint density at radius 3 is 1.80 bits per heavy atom. The van der Waals surface area contributed by atoms with Gasteiger partial charge in [0.25, 0.3) is 5.95 Å². The fourth-order valence-electron chi connectivity index (χ4n) is 0.490. The van der Waals surface area contributed by atoms with Gasteiger partial charge in [-0.2, -0.15) is 0 Å². The number of aliphatic hydroxyl groups is 1. The number of hydrogen-bond donors (Lipinski definition) is 1. The molecule has 1 N–H and O–H groups in total. The lowest BCUT2D eigenvalue weighted by molar-refractivity contribution is 0.0706. The van der Waals surface area contributed by atoms with Crippen LogP contribution >= 0.6 is 0 Å². The molecule has 3 heteroatoms. The van der Waals surface area contributed by atoms with Crippen molar-refractivity contribution in [2.24, 2.45) is 0 Å². The summed E-state index contributed by atoms with van der Waals surface area (Å²) < 4.78 is 9.51. The smallest absolute Gasteiger partial charge is 0.277 e. The summed E-state index contributed by atoms with van der Waals surface area (Å²) in [7, 11) is 2.97. The molecule has 10 heavy (non-hydrogen) atoms. The Morgan fingerprint density at radius 2 is 1.70 bits per heavy atom. The number of hydrogen-bond acceptors (Lipinski definition) is 3. The zero-order valence-electron chi connectivity index (χ0n) is 6.84. The Balaban J connectivity index is 4.11. The molecule has 0 aliphatic carbocycles. The third kappa shape index (κ3) is 4.21. The van der Waals surface area contributed by atoms with Gasteiger partial charge in [0.1, 0.15) is 0 Å². The molecule has 0 amide bonds. The van der Waals surface area contributed by atoms with Gasteiger partial charge in [-0.1, -0.05) is 0 Å². The second-order valence-corrected chi connectivity index (χ2v) is 2.53. The van der Waals surface area contributed by atoms with Crippen LogP contribution in [0.4, 0.5) is 0 Å². The van der Waals surface area contributed by atoms with Crippen LogP contribution in [-0.2, 0) is 9.47 Å². The molecular formula is C7H14O3. The molecule has 0 heterocycles. The lowest BCUT2D eigenvalue weighted by Crippen LogP contribution is -2.15. The number of rotatable bonds is 3. The molecule has 0 spiro atoms. The third-order valence-electron chi connectivity index (χ3n) is 0.873. The lowest BCUT2D eigenvalue weighted by Gasteiger charge is -2.12. The molecule has 0 aliphatic rings. The summed E-state index contributed by atoms with van der Waals surface area (Å²) in [6, 6.07) is 0. The van der Waals surface area contributed by atoms with Crippen LogP contribution in [0.1, 0.15) is 13.8 Å². The van der Waals surface area contributed by atoms with Crippen LogP contribution in [0.3, 0.4) is 0 Å². The van der Waals surface area contributed by atoms with Gasteiger partial charge in [0.2, 0.25) is 0 Å². The molecule has 0 unspecified atom stereocenters. The van der Waals surface area contributed by atoms with E-state index >= 15 is 0 Å².